The van der Waals surface area contributed by atoms with Crippen LogP contribution in [-0.4, -0.2) is 52.7 Å². The molecule has 0 radical (unpaired) electrons. The van der Waals surface area contributed by atoms with Crippen LogP contribution in [-0.2, 0) is 24.4 Å². The molecule has 0 amide bonds. The number of Topliss-reactive ketones (excluding diaryl/α,β-unsaturated/α-hetero) is 1. The predicted molar refractivity (Wildman–Crippen MR) is 89.2 cm³/mol. The summed E-state index contributed by atoms with van der Waals surface area (Å²) >= 11 is 5.78. The van der Waals surface area contributed by atoms with E-state index in [9.17, 15) is 33.0 Å². The van der Waals surface area contributed by atoms with Gasteiger partial charge in [0.05, 0.1) is 4.90 Å². The lowest BCUT2D eigenvalue weighted by atomic mass is 9.72. The highest BCUT2D eigenvalue weighted by molar-refractivity contribution is 7.89. The molecule has 10 heteroatoms. The molecule has 0 saturated carbocycles. The standard InChI is InChI=1S/C16H16ClNO7S/c17-8-4-6-9(7-5-8)26(24,25)18-10-2-1-3-11(18)13(16(22)23)14(19)12(10)15(20)21/h4-7,10-13H,1-3H2,(H,20,21)(H,22,23). The minimum absolute atomic E-state index is 0.124. The van der Waals surface area contributed by atoms with E-state index in [4.69, 9.17) is 11.6 Å². The maximum absolute atomic E-state index is 13.1. The molecule has 0 aromatic heterocycles. The van der Waals surface area contributed by atoms with Gasteiger partial charge in [-0.15, -0.1) is 0 Å². The van der Waals surface area contributed by atoms with Crippen LogP contribution in [0.15, 0.2) is 29.2 Å². The first-order chi connectivity index (χ1) is 12.2. The minimum Gasteiger partial charge on any atom is -0.481 e. The molecule has 140 valence electrons. The third-order valence-electron chi connectivity index (χ3n) is 4.96. The lowest BCUT2D eigenvalue weighted by Gasteiger charge is -2.48. The normalized spacial score (nSPS) is 29.3. The summed E-state index contributed by atoms with van der Waals surface area (Å²) < 4.78 is 27.2. The third-order valence-corrected chi connectivity index (χ3v) is 7.17. The highest BCUT2D eigenvalue weighted by atomic mass is 35.5. The lowest BCUT2D eigenvalue weighted by Crippen LogP contribution is -2.66. The van der Waals surface area contributed by atoms with Crippen LogP contribution in [0.5, 0.6) is 0 Å². The molecule has 2 heterocycles. The highest BCUT2D eigenvalue weighted by Gasteiger charge is 2.59. The number of carbonyl (C=O) groups is 3. The zero-order valence-electron chi connectivity index (χ0n) is 13.4. The smallest absolute Gasteiger partial charge is 0.315 e. The van der Waals surface area contributed by atoms with Gasteiger partial charge in [-0.2, -0.15) is 4.31 Å². The molecular weight excluding hydrogens is 386 g/mol. The van der Waals surface area contributed by atoms with E-state index in [1.807, 2.05) is 0 Å². The van der Waals surface area contributed by atoms with Gasteiger partial charge in [-0.3, -0.25) is 14.4 Å². The number of aliphatic carboxylic acids is 2. The SMILES string of the molecule is O=C(O)C1C(=O)C(C(=O)O)C2CCCC1N2S(=O)(=O)c1ccc(Cl)cc1. The van der Waals surface area contributed by atoms with E-state index < -0.39 is 51.7 Å². The molecule has 1 aromatic rings. The zero-order valence-corrected chi connectivity index (χ0v) is 15.0. The maximum atomic E-state index is 13.1. The lowest BCUT2D eigenvalue weighted by molar-refractivity contribution is -0.162. The molecule has 2 aliphatic heterocycles. The molecule has 8 nitrogen and oxygen atoms in total. The predicted octanol–water partition coefficient (Wildman–Crippen LogP) is 1.24. The Labute approximate surface area is 154 Å². The molecular formula is C16H16ClNO7S. The van der Waals surface area contributed by atoms with Gasteiger partial charge in [0.1, 0.15) is 11.8 Å². The Morgan fingerprint density at radius 2 is 1.46 bits per heavy atom. The van der Waals surface area contributed by atoms with Gasteiger partial charge in [-0.25, -0.2) is 8.42 Å². The number of ketones is 1. The number of piperidine rings is 2. The number of nitrogens with zero attached hydrogens (tertiary/aromatic N) is 1. The second kappa shape index (κ2) is 6.64. The van der Waals surface area contributed by atoms with Crippen molar-refractivity contribution in [1.82, 2.24) is 4.31 Å². The van der Waals surface area contributed by atoms with E-state index in [2.05, 4.69) is 0 Å². The summed E-state index contributed by atoms with van der Waals surface area (Å²) in [6.45, 7) is 0. The van der Waals surface area contributed by atoms with Crippen LogP contribution in [0.4, 0.5) is 0 Å². The molecule has 2 aliphatic rings. The Bertz CT molecular complexity index is 835. The van der Waals surface area contributed by atoms with Crippen molar-refractivity contribution < 1.29 is 33.0 Å². The van der Waals surface area contributed by atoms with Crippen molar-refractivity contribution in [1.29, 1.82) is 0 Å². The van der Waals surface area contributed by atoms with Crippen LogP contribution >= 0.6 is 11.6 Å². The molecule has 0 aliphatic carbocycles. The minimum atomic E-state index is -4.20. The molecule has 2 bridgehead atoms. The zero-order chi connectivity index (χ0) is 19.2. The van der Waals surface area contributed by atoms with Crippen LogP contribution in [0.25, 0.3) is 0 Å². The van der Waals surface area contributed by atoms with E-state index >= 15 is 0 Å². The Kier molecular flexibility index (Phi) is 4.80. The largest absolute Gasteiger partial charge is 0.481 e. The molecule has 0 spiro atoms. The van der Waals surface area contributed by atoms with Gasteiger partial charge >= 0.3 is 11.9 Å². The number of hydrogen-bond donors (Lipinski definition) is 2. The first-order valence-corrected chi connectivity index (χ1v) is 9.76. The fourth-order valence-corrected chi connectivity index (χ4v) is 5.91. The van der Waals surface area contributed by atoms with Gasteiger partial charge in [-0.05, 0) is 37.1 Å². The van der Waals surface area contributed by atoms with Gasteiger partial charge in [0.25, 0.3) is 0 Å². The Balaban J connectivity index is 2.15. The van der Waals surface area contributed by atoms with Crippen LogP contribution < -0.4 is 0 Å². The number of carbonyl (C=O) groups excluding carboxylic acids is 1. The molecule has 26 heavy (non-hydrogen) atoms. The van der Waals surface area contributed by atoms with E-state index in [-0.39, 0.29) is 17.7 Å². The number of carboxylic acids is 2. The van der Waals surface area contributed by atoms with Crippen LogP contribution in [0.3, 0.4) is 0 Å². The van der Waals surface area contributed by atoms with Gasteiger partial charge in [0.2, 0.25) is 10.0 Å². The Morgan fingerprint density at radius 3 is 1.88 bits per heavy atom. The van der Waals surface area contributed by atoms with Gasteiger partial charge in [0.15, 0.2) is 5.78 Å². The van der Waals surface area contributed by atoms with Crippen molar-refractivity contribution >= 4 is 39.3 Å². The van der Waals surface area contributed by atoms with Crippen LogP contribution in [0.1, 0.15) is 19.3 Å². The molecule has 1 aromatic carbocycles. The Hall–Kier alpha value is -1.97. The first-order valence-electron chi connectivity index (χ1n) is 7.94. The van der Waals surface area contributed by atoms with E-state index in [1.54, 1.807) is 0 Å². The van der Waals surface area contributed by atoms with Gasteiger partial charge < -0.3 is 10.2 Å². The fourth-order valence-electron chi connectivity index (χ4n) is 3.89. The number of rotatable bonds is 4. The molecule has 3 rings (SSSR count). The van der Waals surface area contributed by atoms with Crippen molar-refractivity contribution in [2.45, 2.75) is 36.2 Å². The second-order valence-corrected chi connectivity index (χ2v) is 8.67. The van der Waals surface area contributed by atoms with Crippen LogP contribution in [0, 0.1) is 11.8 Å². The van der Waals surface area contributed by atoms with Crippen molar-refractivity contribution in [2.24, 2.45) is 11.8 Å². The summed E-state index contributed by atoms with van der Waals surface area (Å²) in [4.78, 5) is 35.6. The Morgan fingerprint density at radius 1 is 1.00 bits per heavy atom. The van der Waals surface area contributed by atoms with Crippen molar-refractivity contribution in [3.05, 3.63) is 29.3 Å². The molecule has 2 fully saturated rings. The van der Waals surface area contributed by atoms with Gasteiger partial charge in [0, 0.05) is 17.1 Å². The van der Waals surface area contributed by atoms with E-state index in [0.717, 1.165) is 4.31 Å². The first kappa shape index (κ1) is 18.8. The summed E-state index contributed by atoms with van der Waals surface area (Å²) in [5.74, 6) is -7.36. The van der Waals surface area contributed by atoms with Crippen molar-refractivity contribution in [3.63, 3.8) is 0 Å². The number of carboxylic acid groups (broad SMARTS) is 2. The molecule has 2 N–H and O–H groups in total. The van der Waals surface area contributed by atoms with Crippen molar-refractivity contribution in [3.8, 4) is 0 Å². The summed E-state index contributed by atoms with van der Waals surface area (Å²) in [5, 5.41) is 19.2. The topological polar surface area (TPSA) is 129 Å². The number of hydrogen-bond acceptors (Lipinski definition) is 5. The number of fused-ring (bicyclic) bond motifs is 2. The second-order valence-electron chi connectivity index (χ2n) is 6.39. The van der Waals surface area contributed by atoms with Gasteiger partial charge in [-0.1, -0.05) is 18.0 Å². The van der Waals surface area contributed by atoms with Crippen molar-refractivity contribution in [2.75, 3.05) is 0 Å². The van der Waals surface area contributed by atoms with E-state index in [0.29, 0.717) is 11.4 Å². The number of sulfonamides is 1. The molecule has 4 atom stereocenters. The summed E-state index contributed by atoms with van der Waals surface area (Å²) in [6.07, 6.45) is 0.805. The molecule has 2 saturated heterocycles. The summed E-state index contributed by atoms with van der Waals surface area (Å²) in [6, 6.07) is 3.10. The fraction of sp³-hybridized carbons (Fsp3) is 0.438. The maximum Gasteiger partial charge on any atom is 0.315 e. The number of halogens is 1. The average molecular weight is 402 g/mol. The highest BCUT2D eigenvalue weighted by Crippen LogP contribution is 2.42. The monoisotopic (exact) mass is 401 g/mol. The van der Waals surface area contributed by atoms with Crippen LogP contribution in [0.2, 0.25) is 5.02 Å². The average Bonchev–Trinajstić information content (AvgIpc) is 2.54. The quantitative estimate of drug-likeness (QED) is 0.726. The molecule has 4 unspecified atom stereocenters. The summed E-state index contributed by atoms with van der Waals surface area (Å²) in [7, 11) is -4.20. The summed E-state index contributed by atoms with van der Waals surface area (Å²) in [5.41, 5.74) is 0. The number of benzene rings is 1. The van der Waals surface area contributed by atoms with E-state index in [1.165, 1.54) is 24.3 Å². The third kappa shape index (κ3) is 2.89.